The topological polar surface area (TPSA) is 55.1 Å². The Labute approximate surface area is 116 Å². The van der Waals surface area contributed by atoms with Crippen molar-refractivity contribution in [2.24, 2.45) is 11.7 Å². The summed E-state index contributed by atoms with van der Waals surface area (Å²) in [5.41, 5.74) is 8.27. The summed E-state index contributed by atoms with van der Waals surface area (Å²) in [7, 11) is 0. The van der Waals surface area contributed by atoms with E-state index in [4.69, 9.17) is 5.73 Å². The molecule has 106 valence electrons. The molecule has 0 aromatic heterocycles. The Balaban J connectivity index is 2.66. The monoisotopic (exact) mass is 262 g/mol. The van der Waals surface area contributed by atoms with Crippen LogP contribution in [-0.2, 0) is 4.79 Å². The number of hydrogen-bond donors (Lipinski definition) is 2. The van der Waals surface area contributed by atoms with Gasteiger partial charge in [0.25, 0.3) is 0 Å². The van der Waals surface area contributed by atoms with Gasteiger partial charge in [0.2, 0.25) is 5.91 Å². The Bertz CT molecular complexity index is 398. The first-order valence-electron chi connectivity index (χ1n) is 7.06. The summed E-state index contributed by atoms with van der Waals surface area (Å²) in [6, 6.07) is 7.90. The zero-order valence-corrected chi connectivity index (χ0v) is 12.4. The molecule has 3 N–H and O–H groups in total. The molecule has 0 spiro atoms. The summed E-state index contributed by atoms with van der Waals surface area (Å²) >= 11 is 0. The number of carbonyl (C=O) groups is 1. The summed E-state index contributed by atoms with van der Waals surface area (Å²) in [6.45, 7) is 8.27. The van der Waals surface area contributed by atoms with Gasteiger partial charge in [0.05, 0.1) is 12.1 Å². The van der Waals surface area contributed by atoms with Crippen molar-refractivity contribution in [3.8, 4) is 0 Å². The van der Waals surface area contributed by atoms with E-state index in [1.54, 1.807) is 0 Å². The number of aryl methyl sites for hydroxylation is 1. The Hall–Kier alpha value is -1.35. The summed E-state index contributed by atoms with van der Waals surface area (Å²) in [5.74, 6) is 0.376. The number of amides is 1. The quantitative estimate of drug-likeness (QED) is 0.828. The lowest BCUT2D eigenvalue weighted by atomic mass is 10.0. The predicted molar refractivity (Wildman–Crippen MR) is 79.8 cm³/mol. The second-order valence-electron chi connectivity index (χ2n) is 5.62. The highest BCUT2D eigenvalue weighted by atomic mass is 16.2. The maximum atomic E-state index is 12.1. The van der Waals surface area contributed by atoms with Crippen molar-refractivity contribution in [2.75, 3.05) is 0 Å². The summed E-state index contributed by atoms with van der Waals surface area (Å²) in [6.07, 6.45) is 1.58. The molecule has 0 bridgehead atoms. The van der Waals surface area contributed by atoms with E-state index in [0.717, 1.165) is 18.4 Å². The summed E-state index contributed by atoms with van der Waals surface area (Å²) < 4.78 is 0. The third kappa shape index (κ3) is 5.03. The molecule has 2 unspecified atom stereocenters. The van der Waals surface area contributed by atoms with E-state index in [9.17, 15) is 4.79 Å². The molecule has 2 atom stereocenters. The van der Waals surface area contributed by atoms with Gasteiger partial charge in [-0.25, -0.2) is 0 Å². The number of carbonyl (C=O) groups excluding carboxylic acids is 1. The van der Waals surface area contributed by atoms with Crippen LogP contribution in [0.5, 0.6) is 0 Å². The SMILES string of the molecule is CCC(NC(=O)C(N)CC(C)C)c1ccc(C)cc1. The van der Waals surface area contributed by atoms with Crippen LogP contribution in [0.2, 0.25) is 0 Å². The van der Waals surface area contributed by atoms with Crippen LogP contribution in [0.25, 0.3) is 0 Å². The lowest BCUT2D eigenvalue weighted by molar-refractivity contribution is -0.123. The zero-order valence-electron chi connectivity index (χ0n) is 12.4. The molecule has 3 heteroatoms. The van der Waals surface area contributed by atoms with Gasteiger partial charge in [-0.15, -0.1) is 0 Å². The van der Waals surface area contributed by atoms with E-state index in [-0.39, 0.29) is 11.9 Å². The van der Waals surface area contributed by atoms with Gasteiger partial charge in [-0.05, 0) is 31.2 Å². The molecule has 1 rings (SSSR count). The van der Waals surface area contributed by atoms with Gasteiger partial charge in [0, 0.05) is 0 Å². The first-order valence-corrected chi connectivity index (χ1v) is 7.06. The zero-order chi connectivity index (χ0) is 14.4. The smallest absolute Gasteiger partial charge is 0.237 e. The first kappa shape index (κ1) is 15.7. The summed E-state index contributed by atoms with van der Waals surface area (Å²) in [4.78, 5) is 12.1. The number of nitrogens with one attached hydrogen (secondary N) is 1. The lowest BCUT2D eigenvalue weighted by Crippen LogP contribution is -2.42. The molecule has 0 aliphatic heterocycles. The van der Waals surface area contributed by atoms with Gasteiger partial charge in [0.1, 0.15) is 0 Å². The van der Waals surface area contributed by atoms with E-state index in [2.05, 4.69) is 57.3 Å². The molecule has 19 heavy (non-hydrogen) atoms. The number of nitrogens with two attached hydrogens (primary N) is 1. The van der Waals surface area contributed by atoms with Crippen LogP contribution in [0, 0.1) is 12.8 Å². The fraction of sp³-hybridized carbons (Fsp3) is 0.562. The maximum absolute atomic E-state index is 12.1. The van der Waals surface area contributed by atoms with Gasteiger partial charge in [0.15, 0.2) is 0 Å². The minimum atomic E-state index is -0.417. The second kappa shape index (κ2) is 7.29. The molecular formula is C16H26N2O. The second-order valence-corrected chi connectivity index (χ2v) is 5.62. The van der Waals surface area contributed by atoms with Crippen LogP contribution in [0.1, 0.15) is 50.8 Å². The van der Waals surface area contributed by atoms with Crippen molar-refractivity contribution in [3.63, 3.8) is 0 Å². The molecule has 1 amide bonds. The van der Waals surface area contributed by atoms with E-state index in [0.29, 0.717) is 5.92 Å². The molecule has 0 aliphatic rings. The van der Waals surface area contributed by atoms with Crippen molar-refractivity contribution in [1.82, 2.24) is 5.32 Å². The Kier molecular flexibility index (Phi) is 6.03. The van der Waals surface area contributed by atoms with E-state index in [1.165, 1.54) is 5.56 Å². The molecule has 0 aliphatic carbocycles. The van der Waals surface area contributed by atoms with Gasteiger partial charge >= 0.3 is 0 Å². The maximum Gasteiger partial charge on any atom is 0.237 e. The highest BCUT2D eigenvalue weighted by Gasteiger charge is 2.18. The van der Waals surface area contributed by atoms with E-state index >= 15 is 0 Å². The van der Waals surface area contributed by atoms with Crippen LogP contribution in [0.4, 0.5) is 0 Å². The first-order chi connectivity index (χ1) is 8.93. The average Bonchev–Trinajstić information content (AvgIpc) is 2.36. The van der Waals surface area contributed by atoms with Crippen molar-refractivity contribution < 1.29 is 4.79 Å². The number of benzene rings is 1. The van der Waals surface area contributed by atoms with Crippen LogP contribution < -0.4 is 11.1 Å². The van der Waals surface area contributed by atoms with E-state index < -0.39 is 6.04 Å². The molecule has 0 fully saturated rings. The number of rotatable bonds is 6. The summed E-state index contributed by atoms with van der Waals surface area (Å²) in [5, 5.41) is 3.04. The van der Waals surface area contributed by atoms with Gasteiger partial charge in [-0.3, -0.25) is 4.79 Å². The largest absolute Gasteiger partial charge is 0.348 e. The highest BCUT2D eigenvalue weighted by Crippen LogP contribution is 2.17. The molecule has 0 saturated carbocycles. The molecule has 3 nitrogen and oxygen atoms in total. The van der Waals surface area contributed by atoms with Gasteiger partial charge in [-0.1, -0.05) is 50.6 Å². The molecule has 0 radical (unpaired) electrons. The van der Waals surface area contributed by atoms with Crippen LogP contribution >= 0.6 is 0 Å². The van der Waals surface area contributed by atoms with Gasteiger partial charge < -0.3 is 11.1 Å². The van der Waals surface area contributed by atoms with Crippen LogP contribution in [0.3, 0.4) is 0 Å². The standard InChI is InChI=1S/C16H26N2O/c1-5-15(13-8-6-12(4)7-9-13)18-16(19)14(17)10-11(2)3/h6-9,11,14-15H,5,10,17H2,1-4H3,(H,18,19). The third-order valence-corrected chi connectivity index (χ3v) is 3.27. The van der Waals surface area contributed by atoms with Crippen LogP contribution in [-0.4, -0.2) is 11.9 Å². The third-order valence-electron chi connectivity index (χ3n) is 3.27. The van der Waals surface area contributed by atoms with Crippen LogP contribution in [0.15, 0.2) is 24.3 Å². The lowest BCUT2D eigenvalue weighted by Gasteiger charge is -2.21. The Morgan fingerprint density at radius 2 is 1.84 bits per heavy atom. The van der Waals surface area contributed by atoms with Crippen molar-refractivity contribution >= 4 is 5.91 Å². The molecule has 1 aromatic carbocycles. The molecule has 0 heterocycles. The fourth-order valence-electron chi connectivity index (χ4n) is 2.11. The molecule has 1 aromatic rings. The molecular weight excluding hydrogens is 236 g/mol. The predicted octanol–water partition coefficient (Wildman–Crippen LogP) is 2.94. The minimum absolute atomic E-state index is 0.0475. The van der Waals surface area contributed by atoms with Crippen molar-refractivity contribution in [3.05, 3.63) is 35.4 Å². The number of hydrogen-bond acceptors (Lipinski definition) is 2. The van der Waals surface area contributed by atoms with E-state index in [1.807, 2.05) is 0 Å². The molecule has 0 saturated heterocycles. The Morgan fingerprint density at radius 1 is 1.26 bits per heavy atom. The fourth-order valence-corrected chi connectivity index (χ4v) is 2.11. The minimum Gasteiger partial charge on any atom is -0.348 e. The highest BCUT2D eigenvalue weighted by molar-refractivity contribution is 5.81. The van der Waals surface area contributed by atoms with Gasteiger partial charge in [-0.2, -0.15) is 0 Å². The average molecular weight is 262 g/mol. The van der Waals surface area contributed by atoms with Crippen molar-refractivity contribution in [1.29, 1.82) is 0 Å². The normalized spacial score (nSPS) is 14.2. The Morgan fingerprint density at radius 3 is 2.32 bits per heavy atom. The van der Waals surface area contributed by atoms with Crippen molar-refractivity contribution in [2.45, 2.75) is 52.6 Å².